The zero-order valence-corrected chi connectivity index (χ0v) is 14.5. The van der Waals surface area contributed by atoms with Gasteiger partial charge in [-0.15, -0.1) is 0 Å². The van der Waals surface area contributed by atoms with Crippen molar-refractivity contribution in [3.63, 3.8) is 0 Å². The number of esters is 1. The van der Waals surface area contributed by atoms with Gasteiger partial charge in [0.15, 0.2) is 11.5 Å². The van der Waals surface area contributed by atoms with E-state index >= 15 is 0 Å². The molecule has 0 saturated carbocycles. The normalized spacial score (nSPS) is 10.3. The van der Waals surface area contributed by atoms with Crippen molar-refractivity contribution in [2.24, 2.45) is 0 Å². The van der Waals surface area contributed by atoms with Crippen molar-refractivity contribution in [2.75, 3.05) is 13.2 Å². The molecule has 0 unspecified atom stereocenters. The van der Waals surface area contributed by atoms with Crippen LogP contribution >= 0.6 is 0 Å². The minimum Gasteiger partial charge on any atom is -0.490 e. The number of carbonyl (C=O) groups excluding carboxylic acids is 1. The van der Waals surface area contributed by atoms with Crippen molar-refractivity contribution >= 4 is 5.97 Å². The maximum Gasteiger partial charge on any atom is 0.338 e. The summed E-state index contributed by atoms with van der Waals surface area (Å²) in [6.45, 7) is 7.26. The van der Waals surface area contributed by atoms with E-state index in [0.29, 0.717) is 36.9 Å². The van der Waals surface area contributed by atoms with Gasteiger partial charge in [0.1, 0.15) is 6.61 Å². The number of rotatable bonds is 8. The Morgan fingerprint density at radius 3 is 2.50 bits per heavy atom. The van der Waals surface area contributed by atoms with Crippen molar-refractivity contribution in [1.29, 1.82) is 0 Å². The van der Waals surface area contributed by atoms with E-state index in [4.69, 9.17) is 14.2 Å². The number of hydrogen-bond acceptors (Lipinski definition) is 4. The van der Waals surface area contributed by atoms with E-state index in [1.807, 2.05) is 32.0 Å². The fourth-order valence-electron chi connectivity index (χ4n) is 2.23. The molecule has 0 saturated heterocycles. The van der Waals surface area contributed by atoms with Crippen LogP contribution in [-0.2, 0) is 11.3 Å². The summed E-state index contributed by atoms with van der Waals surface area (Å²) >= 11 is 0. The van der Waals surface area contributed by atoms with Crippen LogP contribution in [-0.4, -0.2) is 19.2 Å². The van der Waals surface area contributed by atoms with E-state index in [0.717, 1.165) is 12.0 Å². The van der Waals surface area contributed by atoms with E-state index in [1.165, 1.54) is 5.56 Å². The summed E-state index contributed by atoms with van der Waals surface area (Å²) in [5.41, 5.74) is 2.76. The summed E-state index contributed by atoms with van der Waals surface area (Å²) in [6.07, 6.45) is 0.793. The predicted octanol–water partition coefficient (Wildman–Crippen LogP) is 4.54. The molecule has 0 amide bonds. The number of hydrogen-bond donors (Lipinski definition) is 0. The van der Waals surface area contributed by atoms with Gasteiger partial charge in [-0.3, -0.25) is 0 Å². The van der Waals surface area contributed by atoms with Crippen molar-refractivity contribution in [3.05, 3.63) is 59.2 Å². The summed E-state index contributed by atoms with van der Waals surface area (Å²) in [4.78, 5) is 12.0. The Bertz CT molecular complexity index is 679. The maximum atomic E-state index is 12.0. The molecule has 0 aliphatic rings. The number of ether oxygens (including phenoxy) is 3. The maximum absolute atomic E-state index is 12.0. The van der Waals surface area contributed by atoms with Gasteiger partial charge in [-0.1, -0.05) is 31.2 Å². The number of benzene rings is 2. The third-order valence-corrected chi connectivity index (χ3v) is 3.56. The fourth-order valence-corrected chi connectivity index (χ4v) is 2.23. The van der Waals surface area contributed by atoms with Crippen LogP contribution in [0.4, 0.5) is 0 Å². The van der Waals surface area contributed by atoms with Crippen molar-refractivity contribution in [3.8, 4) is 11.5 Å². The molecule has 2 aromatic rings. The highest BCUT2D eigenvalue weighted by Crippen LogP contribution is 2.30. The van der Waals surface area contributed by atoms with E-state index in [9.17, 15) is 4.79 Å². The van der Waals surface area contributed by atoms with Gasteiger partial charge in [-0.25, -0.2) is 4.79 Å². The first kappa shape index (κ1) is 17.9. The van der Waals surface area contributed by atoms with Crippen LogP contribution in [0.3, 0.4) is 0 Å². The van der Waals surface area contributed by atoms with Gasteiger partial charge in [0.25, 0.3) is 0 Å². The molecule has 0 heterocycles. The first-order chi connectivity index (χ1) is 11.7. The summed E-state index contributed by atoms with van der Waals surface area (Å²) in [5.74, 6) is 0.826. The number of carbonyl (C=O) groups is 1. The van der Waals surface area contributed by atoms with Gasteiger partial charge in [0.2, 0.25) is 0 Å². The highest BCUT2D eigenvalue weighted by atomic mass is 16.5. The molecule has 0 spiro atoms. The molecule has 4 heteroatoms. The van der Waals surface area contributed by atoms with Crippen LogP contribution in [0.5, 0.6) is 11.5 Å². The van der Waals surface area contributed by atoms with Crippen LogP contribution in [0.1, 0.15) is 41.8 Å². The van der Waals surface area contributed by atoms with Gasteiger partial charge in [-0.05, 0) is 49.6 Å². The second-order valence-electron chi connectivity index (χ2n) is 5.45. The van der Waals surface area contributed by atoms with Gasteiger partial charge in [0, 0.05) is 0 Å². The van der Waals surface area contributed by atoms with Crippen LogP contribution in [0.2, 0.25) is 0 Å². The van der Waals surface area contributed by atoms with Crippen LogP contribution in [0.15, 0.2) is 42.5 Å². The van der Waals surface area contributed by atoms with E-state index in [-0.39, 0.29) is 5.97 Å². The Kier molecular flexibility index (Phi) is 6.67. The minimum atomic E-state index is -0.344. The summed E-state index contributed by atoms with van der Waals surface area (Å²) in [7, 11) is 0. The monoisotopic (exact) mass is 328 g/mol. The average Bonchev–Trinajstić information content (AvgIpc) is 2.60. The molecule has 0 atom stereocenters. The predicted molar refractivity (Wildman–Crippen MR) is 93.7 cm³/mol. The second kappa shape index (κ2) is 8.96. The van der Waals surface area contributed by atoms with Gasteiger partial charge >= 0.3 is 5.97 Å². The molecular formula is C20H24O4. The standard InChI is InChI=1S/C20H24O4/c1-4-12-23-20(21)16-10-11-18(19(13-16)22-5-2)24-14-17-9-7-6-8-15(17)3/h6-11,13H,4-5,12,14H2,1-3H3. The minimum absolute atomic E-state index is 0.344. The highest BCUT2D eigenvalue weighted by molar-refractivity contribution is 5.90. The Labute approximate surface area is 143 Å². The van der Waals surface area contributed by atoms with Crippen LogP contribution < -0.4 is 9.47 Å². The lowest BCUT2D eigenvalue weighted by molar-refractivity contribution is 0.0504. The molecule has 0 aliphatic carbocycles. The lowest BCUT2D eigenvalue weighted by atomic mass is 10.1. The molecule has 0 N–H and O–H groups in total. The Balaban J connectivity index is 2.14. The molecule has 2 aromatic carbocycles. The number of aryl methyl sites for hydroxylation is 1. The quantitative estimate of drug-likeness (QED) is 0.667. The molecular weight excluding hydrogens is 304 g/mol. The van der Waals surface area contributed by atoms with Crippen molar-refractivity contribution in [2.45, 2.75) is 33.8 Å². The zero-order valence-electron chi connectivity index (χ0n) is 14.5. The summed E-state index contributed by atoms with van der Waals surface area (Å²) in [6, 6.07) is 13.2. The first-order valence-corrected chi connectivity index (χ1v) is 8.27. The van der Waals surface area contributed by atoms with E-state index in [1.54, 1.807) is 18.2 Å². The molecule has 0 fully saturated rings. The first-order valence-electron chi connectivity index (χ1n) is 8.27. The topological polar surface area (TPSA) is 44.8 Å². The van der Waals surface area contributed by atoms with Crippen molar-refractivity contribution < 1.29 is 19.0 Å². The molecule has 128 valence electrons. The molecule has 24 heavy (non-hydrogen) atoms. The third kappa shape index (κ3) is 4.75. The van der Waals surface area contributed by atoms with Gasteiger partial charge in [-0.2, -0.15) is 0 Å². The summed E-state index contributed by atoms with van der Waals surface area (Å²) < 4.78 is 16.7. The lowest BCUT2D eigenvalue weighted by Gasteiger charge is -2.14. The lowest BCUT2D eigenvalue weighted by Crippen LogP contribution is -2.07. The zero-order chi connectivity index (χ0) is 17.4. The Morgan fingerprint density at radius 1 is 1.00 bits per heavy atom. The van der Waals surface area contributed by atoms with Gasteiger partial charge < -0.3 is 14.2 Å². The summed E-state index contributed by atoms with van der Waals surface area (Å²) in [5, 5.41) is 0. The highest BCUT2D eigenvalue weighted by Gasteiger charge is 2.13. The molecule has 0 aliphatic heterocycles. The average molecular weight is 328 g/mol. The van der Waals surface area contributed by atoms with E-state index < -0.39 is 0 Å². The van der Waals surface area contributed by atoms with E-state index in [2.05, 4.69) is 13.0 Å². The molecule has 0 aromatic heterocycles. The molecule has 0 radical (unpaired) electrons. The Hall–Kier alpha value is -2.49. The van der Waals surface area contributed by atoms with Crippen LogP contribution in [0.25, 0.3) is 0 Å². The fraction of sp³-hybridized carbons (Fsp3) is 0.350. The smallest absolute Gasteiger partial charge is 0.338 e. The third-order valence-electron chi connectivity index (χ3n) is 3.56. The molecule has 2 rings (SSSR count). The largest absolute Gasteiger partial charge is 0.490 e. The van der Waals surface area contributed by atoms with Gasteiger partial charge in [0.05, 0.1) is 18.8 Å². The van der Waals surface area contributed by atoms with Crippen molar-refractivity contribution in [1.82, 2.24) is 0 Å². The second-order valence-corrected chi connectivity index (χ2v) is 5.45. The molecule has 4 nitrogen and oxygen atoms in total. The van der Waals surface area contributed by atoms with Crippen LogP contribution in [0, 0.1) is 6.92 Å². The Morgan fingerprint density at radius 2 is 1.79 bits per heavy atom. The molecule has 0 bridgehead atoms. The SMILES string of the molecule is CCCOC(=O)c1ccc(OCc2ccccc2C)c(OCC)c1.